The van der Waals surface area contributed by atoms with Gasteiger partial charge in [0.05, 0.1) is 32.5 Å². The molecular weight excluding hydrogens is 303 g/mol. The number of halogens is 2. The number of rotatable bonds is 4. The van der Waals surface area contributed by atoms with E-state index in [1.165, 1.54) is 12.1 Å². The molecule has 0 aliphatic carbocycles. The molecule has 1 heterocycles. The maximum atomic E-state index is 10.7. The summed E-state index contributed by atoms with van der Waals surface area (Å²) in [5.41, 5.74) is 0.974. The molecule has 0 atom stereocenters. The number of benzene rings is 1. The van der Waals surface area contributed by atoms with Crippen molar-refractivity contribution in [2.24, 2.45) is 0 Å². The van der Waals surface area contributed by atoms with Crippen molar-refractivity contribution in [2.75, 3.05) is 5.32 Å². The van der Waals surface area contributed by atoms with Crippen molar-refractivity contribution in [3.8, 4) is 0 Å². The second-order valence-corrected chi connectivity index (χ2v) is 5.28. The molecule has 6 nitrogen and oxygen atoms in total. The largest absolute Gasteiger partial charge is 0.351 e. The molecule has 20 heavy (non-hydrogen) atoms. The van der Waals surface area contributed by atoms with Crippen LogP contribution in [0.25, 0.3) is 0 Å². The van der Waals surface area contributed by atoms with E-state index >= 15 is 0 Å². The van der Waals surface area contributed by atoms with Crippen LogP contribution in [0.2, 0.25) is 10.0 Å². The molecule has 1 aromatic heterocycles. The molecule has 0 saturated carbocycles. The van der Waals surface area contributed by atoms with Gasteiger partial charge in [0.25, 0.3) is 5.69 Å². The summed E-state index contributed by atoms with van der Waals surface area (Å²) in [6.07, 6.45) is 3.44. The third-order valence-electron chi connectivity index (χ3n) is 2.64. The van der Waals surface area contributed by atoms with Crippen LogP contribution in [-0.4, -0.2) is 14.7 Å². The predicted octanol–water partition coefficient (Wildman–Crippen LogP) is 4.42. The van der Waals surface area contributed by atoms with E-state index < -0.39 is 4.92 Å². The maximum Gasteiger partial charge on any atom is 0.272 e. The van der Waals surface area contributed by atoms with Gasteiger partial charge in [-0.3, -0.25) is 14.8 Å². The third-order valence-corrected chi connectivity index (χ3v) is 3.23. The Hall–Kier alpha value is -1.79. The molecular formula is C12H12Cl2N4O2. The SMILES string of the molecule is CC(C)n1cc(Nc2c(Cl)cc([N+](=O)[O-])cc2Cl)cn1. The number of anilines is 2. The highest BCUT2D eigenvalue weighted by Gasteiger charge is 2.15. The number of nitrogens with zero attached hydrogens (tertiary/aromatic N) is 3. The van der Waals surface area contributed by atoms with Crippen LogP contribution in [0.3, 0.4) is 0 Å². The average molecular weight is 315 g/mol. The van der Waals surface area contributed by atoms with Gasteiger partial charge in [0, 0.05) is 24.4 Å². The lowest BCUT2D eigenvalue weighted by atomic mass is 10.2. The van der Waals surface area contributed by atoms with Crippen molar-refractivity contribution in [3.05, 3.63) is 44.7 Å². The van der Waals surface area contributed by atoms with Gasteiger partial charge in [-0.2, -0.15) is 5.10 Å². The highest BCUT2D eigenvalue weighted by molar-refractivity contribution is 6.39. The molecule has 106 valence electrons. The van der Waals surface area contributed by atoms with Gasteiger partial charge in [-0.25, -0.2) is 0 Å². The first kappa shape index (κ1) is 14.6. The third kappa shape index (κ3) is 3.02. The second-order valence-electron chi connectivity index (χ2n) is 4.47. The lowest BCUT2D eigenvalue weighted by molar-refractivity contribution is -0.384. The molecule has 1 aromatic carbocycles. The van der Waals surface area contributed by atoms with Crippen LogP contribution in [0.5, 0.6) is 0 Å². The van der Waals surface area contributed by atoms with Crippen LogP contribution in [0, 0.1) is 10.1 Å². The van der Waals surface area contributed by atoms with E-state index in [0.717, 1.165) is 0 Å². The number of hydrogen-bond donors (Lipinski definition) is 1. The summed E-state index contributed by atoms with van der Waals surface area (Å²) in [6, 6.07) is 2.74. The Morgan fingerprint density at radius 3 is 2.40 bits per heavy atom. The first-order valence-electron chi connectivity index (χ1n) is 5.83. The van der Waals surface area contributed by atoms with E-state index in [9.17, 15) is 10.1 Å². The van der Waals surface area contributed by atoms with Gasteiger partial charge >= 0.3 is 0 Å². The van der Waals surface area contributed by atoms with E-state index in [0.29, 0.717) is 11.4 Å². The molecule has 8 heteroatoms. The van der Waals surface area contributed by atoms with Gasteiger partial charge in [-0.1, -0.05) is 23.2 Å². The summed E-state index contributed by atoms with van der Waals surface area (Å²) < 4.78 is 1.77. The van der Waals surface area contributed by atoms with E-state index in [1.54, 1.807) is 17.1 Å². The molecule has 0 saturated heterocycles. The van der Waals surface area contributed by atoms with Gasteiger partial charge in [0.1, 0.15) is 0 Å². The van der Waals surface area contributed by atoms with E-state index in [2.05, 4.69) is 10.4 Å². The lowest BCUT2D eigenvalue weighted by Gasteiger charge is -2.08. The number of aromatic nitrogens is 2. The van der Waals surface area contributed by atoms with E-state index in [1.807, 2.05) is 13.8 Å². The molecule has 0 bridgehead atoms. The molecule has 0 amide bonds. The molecule has 0 aliphatic rings. The Labute approximate surface area is 125 Å². The Balaban J connectivity index is 2.31. The number of nitro groups is 1. The minimum atomic E-state index is -0.543. The van der Waals surface area contributed by atoms with E-state index in [4.69, 9.17) is 23.2 Å². The van der Waals surface area contributed by atoms with Crippen molar-refractivity contribution in [1.82, 2.24) is 9.78 Å². The van der Waals surface area contributed by atoms with Crippen LogP contribution < -0.4 is 5.32 Å². The van der Waals surface area contributed by atoms with Gasteiger partial charge < -0.3 is 5.32 Å². The standard InChI is InChI=1S/C12H12Cl2N4O2/c1-7(2)17-6-8(5-15-17)16-12-10(13)3-9(18(19)20)4-11(12)14/h3-7,16H,1-2H3. The molecule has 0 spiro atoms. The first-order chi connectivity index (χ1) is 9.38. The smallest absolute Gasteiger partial charge is 0.272 e. The highest BCUT2D eigenvalue weighted by Crippen LogP contribution is 2.36. The van der Waals surface area contributed by atoms with Crippen molar-refractivity contribution in [3.63, 3.8) is 0 Å². The summed E-state index contributed by atoms with van der Waals surface area (Å²) in [5.74, 6) is 0. The van der Waals surface area contributed by atoms with Gasteiger partial charge in [-0.15, -0.1) is 0 Å². The number of nitrogens with one attached hydrogen (secondary N) is 1. The number of hydrogen-bond acceptors (Lipinski definition) is 4. The van der Waals surface area contributed by atoms with Crippen molar-refractivity contribution < 1.29 is 4.92 Å². The van der Waals surface area contributed by atoms with Crippen molar-refractivity contribution >= 4 is 40.3 Å². The molecule has 0 aliphatic heterocycles. The fourth-order valence-electron chi connectivity index (χ4n) is 1.61. The van der Waals surface area contributed by atoms with Crippen molar-refractivity contribution in [1.29, 1.82) is 0 Å². The zero-order chi connectivity index (χ0) is 14.9. The lowest BCUT2D eigenvalue weighted by Crippen LogP contribution is -2.00. The van der Waals surface area contributed by atoms with Gasteiger partial charge in [-0.05, 0) is 13.8 Å². The maximum absolute atomic E-state index is 10.7. The predicted molar refractivity (Wildman–Crippen MR) is 79.0 cm³/mol. The highest BCUT2D eigenvalue weighted by atomic mass is 35.5. The summed E-state index contributed by atoms with van der Waals surface area (Å²) in [4.78, 5) is 10.2. The molecule has 1 N–H and O–H groups in total. The zero-order valence-corrected chi connectivity index (χ0v) is 12.3. The summed E-state index contributed by atoms with van der Waals surface area (Å²) in [6.45, 7) is 4.01. The normalized spacial score (nSPS) is 10.8. The molecule has 2 aromatic rings. The first-order valence-corrected chi connectivity index (χ1v) is 6.58. The summed E-state index contributed by atoms with van der Waals surface area (Å²) >= 11 is 12.0. The quantitative estimate of drug-likeness (QED) is 0.669. The minimum absolute atomic E-state index is 0.150. The second kappa shape index (κ2) is 5.68. The molecule has 2 rings (SSSR count). The van der Waals surface area contributed by atoms with Crippen molar-refractivity contribution in [2.45, 2.75) is 19.9 Å². The number of nitro benzene ring substituents is 1. The Morgan fingerprint density at radius 2 is 1.95 bits per heavy atom. The summed E-state index contributed by atoms with van der Waals surface area (Å²) in [5, 5.41) is 18.3. The Bertz CT molecular complexity index is 632. The van der Waals surface area contributed by atoms with Gasteiger partial charge in [0.15, 0.2) is 0 Å². The zero-order valence-electron chi connectivity index (χ0n) is 10.8. The minimum Gasteiger partial charge on any atom is -0.351 e. The number of non-ortho nitro benzene ring substituents is 1. The monoisotopic (exact) mass is 314 g/mol. The van der Waals surface area contributed by atoms with Crippen LogP contribution >= 0.6 is 23.2 Å². The molecule has 0 radical (unpaired) electrons. The topological polar surface area (TPSA) is 73.0 Å². The fourth-order valence-corrected chi connectivity index (χ4v) is 2.18. The van der Waals surface area contributed by atoms with E-state index in [-0.39, 0.29) is 21.8 Å². The van der Waals surface area contributed by atoms with Crippen LogP contribution in [0.4, 0.5) is 17.1 Å². The average Bonchev–Trinajstić information content (AvgIpc) is 2.82. The van der Waals surface area contributed by atoms with Crippen LogP contribution in [-0.2, 0) is 0 Å². The Kier molecular flexibility index (Phi) is 4.15. The molecule has 0 unspecified atom stereocenters. The summed E-state index contributed by atoms with van der Waals surface area (Å²) in [7, 11) is 0. The molecule has 0 fully saturated rings. The van der Waals surface area contributed by atoms with Crippen LogP contribution in [0.15, 0.2) is 24.5 Å². The Morgan fingerprint density at radius 1 is 1.35 bits per heavy atom. The van der Waals surface area contributed by atoms with Crippen LogP contribution in [0.1, 0.15) is 19.9 Å². The van der Waals surface area contributed by atoms with Gasteiger partial charge in [0.2, 0.25) is 0 Å². The fraction of sp³-hybridized carbons (Fsp3) is 0.250.